The number of hydrogen-bond acceptors (Lipinski definition) is 2. The van der Waals surface area contributed by atoms with Crippen LogP contribution in [0.2, 0.25) is 0 Å². The summed E-state index contributed by atoms with van der Waals surface area (Å²) in [5, 5.41) is 0. The maximum atomic E-state index is 5.94. The van der Waals surface area contributed by atoms with Gasteiger partial charge >= 0.3 is 0 Å². The molecule has 2 unspecified atom stereocenters. The van der Waals surface area contributed by atoms with Crippen LogP contribution in [0.5, 0.6) is 0 Å². The van der Waals surface area contributed by atoms with Crippen molar-refractivity contribution in [2.45, 2.75) is 89.7 Å². The molecule has 0 radical (unpaired) electrons. The highest BCUT2D eigenvalue weighted by molar-refractivity contribution is 4.75. The lowest BCUT2D eigenvalue weighted by Crippen LogP contribution is -2.32. The first-order valence-electron chi connectivity index (χ1n) is 7.70. The molecule has 1 aliphatic rings. The Labute approximate surface area is 107 Å². The van der Waals surface area contributed by atoms with Gasteiger partial charge in [0.1, 0.15) is 0 Å². The van der Waals surface area contributed by atoms with Crippen LogP contribution < -0.4 is 5.73 Å². The number of rotatable bonds is 9. The molecule has 1 aliphatic carbocycles. The van der Waals surface area contributed by atoms with Crippen LogP contribution in [0, 0.1) is 0 Å². The van der Waals surface area contributed by atoms with Crippen molar-refractivity contribution in [1.29, 1.82) is 0 Å². The molecule has 1 fully saturated rings. The first-order valence-corrected chi connectivity index (χ1v) is 7.70. The molecule has 0 bridgehead atoms. The Morgan fingerprint density at radius 3 is 2.41 bits per heavy atom. The molecule has 0 aromatic rings. The zero-order valence-electron chi connectivity index (χ0n) is 11.6. The van der Waals surface area contributed by atoms with Gasteiger partial charge in [0.25, 0.3) is 0 Å². The van der Waals surface area contributed by atoms with Gasteiger partial charge in [0.15, 0.2) is 0 Å². The smallest absolute Gasteiger partial charge is 0.0589 e. The maximum absolute atomic E-state index is 5.94. The molecule has 17 heavy (non-hydrogen) atoms. The van der Waals surface area contributed by atoms with Crippen molar-refractivity contribution in [3.63, 3.8) is 0 Å². The van der Waals surface area contributed by atoms with E-state index in [1.54, 1.807) is 0 Å². The second-order valence-electron chi connectivity index (χ2n) is 5.54. The Balaban J connectivity index is 1.83. The van der Waals surface area contributed by atoms with E-state index in [0.717, 1.165) is 13.0 Å². The Bertz CT molecular complexity index is 172. The van der Waals surface area contributed by atoms with Crippen molar-refractivity contribution in [1.82, 2.24) is 0 Å². The van der Waals surface area contributed by atoms with Crippen LogP contribution in [-0.4, -0.2) is 18.8 Å². The predicted octanol–water partition coefficient (Wildman–Crippen LogP) is 4.02. The quantitative estimate of drug-likeness (QED) is 0.619. The molecule has 2 N–H and O–H groups in total. The molecule has 102 valence electrons. The highest BCUT2D eigenvalue weighted by Crippen LogP contribution is 2.20. The van der Waals surface area contributed by atoms with Crippen molar-refractivity contribution in [2.75, 3.05) is 6.61 Å². The van der Waals surface area contributed by atoms with Crippen LogP contribution in [0.15, 0.2) is 0 Å². The lowest BCUT2D eigenvalue weighted by Gasteiger charge is -2.26. The van der Waals surface area contributed by atoms with Crippen LogP contribution >= 0.6 is 0 Å². The average molecular weight is 241 g/mol. The Kier molecular flexibility index (Phi) is 8.72. The van der Waals surface area contributed by atoms with Crippen LogP contribution in [0.25, 0.3) is 0 Å². The van der Waals surface area contributed by atoms with Crippen molar-refractivity contribution in [3.05, 3.63) is 0 Å². The minimum absolute atomic E-state index is 0.391. The summed E-state index contributed by atoms with van der Waals surface area (Å²) in [6, 6.07) is 0.391. The first kappa shape index (κ1) is 15.0. The van der Waals surface area contributed by atoms with Gasteiger partial charge < -0.3 is 10.5 Å². The van der Waals surface area contributed by atoms with Gasteiger partial charge in [-0.2, -0.15) is 0 Å². The Morgan fingerprint density at radius 2 is 1.71 bits per heavy atom. The standard InChI is InChI=1S/C15H31NO/c1-2-3-4-5-6-7-8-12-17-15-11-9-10-14(16)13-15/h14-15H,2-13,16H2,1H3. The van der Waals surface area contributed by atoms with E-state index in [4.69, 9.17) is 10.5 Å². The largest absolute Gasteiger partial charge is 0.378 e. The van der Waals surface area contributed by atoms with E-state index in [9.17, 15) is 0 Å². The number of nitrogens with two attached hydrogens (primary N) is 1. The SMILES string of the molecule is CCCCCCCCCOC1CCCC(N)C1. The zero-order valence-corrected chi connectivity index (χ0v) is 11.6. The molecule has 0 heterocycles. The van der Waals surface area contributed by atoms with Crippen molar-refractivity contribution < 1.29 is 4.74 Å². The van der Waals surface area contributed by atoms with E-state index < -0.39 is 0 Å². The number of hydrogen-bond donors (Lipinski definition) is 1. The summed E-state index contributed by atoms with van der Waals surface area (Å²) in [4.78, 5) is 0. The first-order chi connectivity index (χ1) is 8.33. The summed E-state index contributed by atoms with van der Waals surface area (Å²) in [7, 11) is 0. The van der Waals surface area contributed by atoms with E-state index >= 15 is 0 Å². The molecule has 1 rings (SSSR count). The molecular formula is C15H31NO. The van der Waals surface area contributed by atoms with Gasteiger partial charge in [0, 0.05) is 12.6 Å². The van der Waals surface area contributed by atoms with Crippen LogP contribution in [0.4, 0.5) is 0 Å². The molecule has 0 aromatic heterocycles. The molecule has 1 saturated carbocycles. The molecule has 2 nitrogen and oxygen atoms in total. The van der Waals surface area contributed by atoms with Gasteiger partial charge in [-0.1, -0.05) is 45.4 Å². The lowest BCUT2D eigenvalue weighted by molar-refractivity contribution is 0.0215. The number of unbranched alkanes of at least 4 members (excludes halogenated alkanes) is 6. The zero-order chi connectivity index (χ0) is 12.3. The molecular weight excluding hydrogens is 210 g/mol. The molecule has 0 saturated heterocycles. The third-order valence-corrected chi connectivity index (χ3v) is 3.77. The van der Waals surface area contributed by atoms with Crippen LogP contribution in [0.1, 0.15) is 77.6 Å². The fourth-order valence-corrected chi connectivity index (χ4v) is 2.64. The highest BCUT2D eigenvalue weighted by Gasteiger charge is 2.19. The van der Waals surface area contributed by atoms with E-state index in [2.05, 4.69) is 6.92 Å². The fraction of sp³-hybridized carbons (Fsp3) is 1.00. The molecule has 2 atom stereocenters. The molecule has 0 aliphatic heterocycles. The third kappa shape index (κ3) is 7.77. The Morgan fingerprint density at radius 1 is 1.00 bits per heavy atom. The van der Waals surface area contributed by atoms with E-state index in [0.29, 0.717) is 12.1 Å². The summed E-state index contributed by atoms with van der Waals surface area (Å²) in [5.74, 6) is 0. The minimum atomic E-state index is 0.391. The second kappa shape index (κ2) is 9.90. The van der Waals surface area contributed by atoms with Crippen molar-refractivity contribution in [3.8, 4) is 0 Å². The minimum Gasteiger partial charge on any atom is -0.378 e. The van der Waals surface area contributed by atoms with Gasteiger partial charge in [-0.15, -0.1) is 0 Å². The van der Waals surface area contributed by atoms with Gasteiger partial charge in [0.05, 0.1) is 6.10 Å². The molecule has 0 spiro atoms. The lowest BCUT2D eigenvalue weighted by atomic mass is 9.93. The monoisotopic (exact) mass is 241 g/mol. The van der Waals surface area contributed by atoms with Gasteiger partial charge in [-0.25, -0.2) is 0 Å². The second-order valence-corrected chi connectivity index (χ2v) is 5.54. The van der Waals surface area contributed by atoms with E-state index in [-0.39, 0.29) is 0 Å². The molecule has 0 aromatic carbocycles. The molecule has 0 amide bonds. The normalized spacial score (nSPS) is 25.1. The topological polar surface area (TPSA) is 35.2 Å². The van der Waals surface area contributed by atoms with Crippen molar-refractivity contribution >= 4 is 0 Å². The van der Waals surface area contributed by atoms with Gasteiger partial charge in [-0.05, 0) is 32.1 Å². The predicted molar refractivity (Wildman–Crippen MR) is 74.2 cm³/mol. The third-order valence-electron chi connectivity index (χ3n) is 3.77. The summed E-state index contributed by atoms with van der Waals surface area (Å²) < 4.78 is 5.90. The van der Waals surface area contributed by atoms with Crippen LogP contribution in [-0.2, 0) is 4.74 Å². The van der Waals surface area contributed by atoms with Gasteiger partial charge in [0.2, 0.25) is 0 Å². The van der Waals surface area contributed by atoms with E-state index in [1.807, 2.05) is 0 Å². The number of ether oxygens (including phenoxy) is 1. The van der Waals surface area contributed by atoms with E-state index in [1.165, 1.54) is 64.2 Å². The summed E-state index contributed by atoms with van der Waals surface area (Å²) in [5.41, 5.74) is 5.94. The average Bonchev–Trinajstić information content (AvgIpc) is 2.33. The Hall–Kier alpha value is -0.0800. The summed E-state index contributed by atoms with van der Waals surface area (Å²) >= 11 is 0. The summed E-state index contributed by atoms with van der Waals surface area (Å²) in [6.45, 7) is 3.22. The fourth-order valence-electron chi connectivity index (χ4n) is 2.64. The maximum Gasteiger partial charge on any atom is 0.0589 e. The van der Waals surface area contributed by atoms with Crippen molar-refractivity contribution in [2.24, 2.45) is 5.73 Å². The summed E-state index contributed by atoms with van der Waals surface area (Å²) in [6.07, 6.45) is 14.7. The molecule has 2 heteroatoms. The highest BCUT2D eigenvalue weighted by atomic mass is 16.5. The van der Waals surface area contributed by atoms with Gasteiger partial charge in [-0.3, -0.25) is 0 Å². The van der Waals surface area contributed by atoms with Crippen LogP contribution in [0.3, 0.4) is 0 Å².